The van der Waals surface area contributed by atoms with E-state index in [2.05, 4.69) is 11.4 Å². The first-order valence-electron chi connectivity index (χ1n) is 10.8. The van der Waals surface area contributed by atoms with Crippen molar-refractivity contribution < 1.29 is 9.53 Å². The summed E-state index contributed by atoms with van der Waals surface area (Å²) in [4.78, 5) is 14.0. The number of rotatable bonds is 4. The molecule has 2 aromatic rings. The third kappa shape index (κ3) is 6.08. The summed E-state index contributed by atoms with van der Waals surface area (Å²) >= 11 is 1.58. The Balaban J connectivity index is 1.73. The van der Waals surface area contributed by atoms with Gasteiger partial charge in [0, 0.05) is 4.88 Å². The van der Waals surface area contributed by atoms with Crippen molar-refractivity contribution in [2.24, 2.45) is 0 Å². The highest BCUT2D eigenvalue weighted by Gasteiger charge is 2.22. The molecule has 1 aliphatic carbocycles. The molecule has 4 nitrogen and oxygen atoms in total. The average molecular weight is 411 g/mol. The highest BCUT2D eigenvalue weighted by atomic mass is 32.1. The van der Waals surface area contributed by atoms with Gasteiger partial charge in [-0.15, -0.1) is 11.3 Å². The summed E-state index contributed by atoms with van der Waals surface area (Å²) in [6, 6.07) is 11.7. The van der Waals surface area contributed by atoms with Crippen molar-refractivity contribution in [2.45, 2.75) is 77.2 Å². The summed E-state index contributed by atoms with van der Waals surface area (Å²) in [6.45, 7) is 1.74. The van der Waals surface area contributed by atoms with Crippen LogP contribution in [0.4, 0.5) is 5.00 Å². The van der Waals surface area contributed by atoms with E-state index in [1.807, 2.05) is 30.3 Å². The normalized spacial score (nSPS) is 16.4. The Morgan fingerprint density at radius 2 is 1.66 bits per heavy atom. The second-order valence-electron chi connectivity index (χ2n) is 7.71. The minimum Gasteiger partial charge on any atom is -0.481 e. The van der Waals surface area contributed by atoms with Gasteiger partial charge in [-0.1, -0.05) is 56.7 Å². The maximum absolute atomic E-state index is 12.7. The number of fused-ring (bicyclic) bond motifs is 1. The number of nitrogens with zero attached hydrogens (tertiary/aromatic N) is 1. The minimum absolute atomic E-state index is 0.220. The van der Waals surface area contributed by atoms with Crippen LogP contribution in [0.25, 0.3) is 0 Å². The van der Waals surface area contributed by atoms with Crippen molar-refractivity contribution in [3.8, 4) is 11.8 Å². The first kappa shape index (κ1) is 21.4. The van der Waals surface area contributed by atoms with E-state index in [1.54, 1.807) is 18.3 Å². The maximum atomic E-state index is 12.7. The van der Waals surface area contributed by atoms with Crippen LogP contribution in [0.15, 0.2) is 30.3 Å². The van der Waals surface area contributed by atoms with Gasteiger partial charge in [-0.2, -0.15) is 5.26 Å². The molecule has 1 heterocycles. The summed E-state index contributed by atoms with van der Waals surface area (Å²) in [5, 5.41) is 13.5. The molecule has 1 atom stereocenters. The van der Waals surface area contributed by atoms with Gasteiger partial charge in [-0.25, -0.2) is 0 Å². The summed E-state index contributed by atoms with van der Waals surface area (Å²) in [7, 11) is 0. The monoisotopic (exact) mass is 410 g/mol. The number of carbonyl (C=O) groups excluding carboxylic acids is 1. The Kier molecular flexibility index (Phi) is 8.13. The van der Waals surface area contributed by atoms with Gasteiger partial charge in [-0.05, 0) is 50.3 Å². The number of ether oxygens (including phenoxy) is 1. The molecule has 1 aromatic heterocycles. The molecule has 154 valence electrons. The molecular formula is C24H30N2O2S. The molecule has 0 aliphatic heterocycles. The fourth-order valence-electron chi connectivity index (χ4n) is 3.80. The van der Waals surface area contributed by atoms with Gasteiger partial charge in [-0.3, -0.25) is 4.79 Å². The lowest BCUT2D eigenvalue weighted by Crippen LogP contribution is -2.30. The number of amides is 1. The molecule has 3 rings (SSSR count). The number of aryl methyl sites for hydroxylation is 1. The highest BCUT2D eigenvalue weighted by molar-refractivity contribution is 7.16. The predicted molar refractivity (Wildman–Crippen MR) is 119 cm³/mol. The van der Waals surface area contributed by atoms with Gasteiger partial charge < -0.3 is 10.1 Å². The predicted octanol–water partition coefficient (Wildman–Crippen LogP) is 6.25. The second-order valence-corrected chi connectivity index (χ2v) is 8.82. The van der Waals surface area contributed by atoms with Gasteiger partial charge in [0.15, 0.2) is 6.10 Å². The Morgan fingerprint density at radius 3 is 2.31 bits per heavy atom. The molecule has 0 saturated heterocycles. The Hall–Kier alpha value is -2.32. The zero-order chi connectivity index (χ0) is 20.5. The highest BCUT2D eigenvalue weighted by Crippen LogP contribution is 2.36. The first-order valence-corrected chi connectivity index (χ1v) is 11.6. The van der Waals surface area contributed by atoms with Crippen molar-refractivity contribution in [3.05, 3.63) is 46.3 Å². The van der Waals surface area contributed by atoms with Crippen LogP contribution in [0.1, 0.15) is 74.3 Å². The van der Waals surface area contributed by atoms with E-state index in [-0.39, 0.29) is 5.91 Å². The topological polar surface area (TPSA) is 62.1 Å². The smallest absolute Gasteiger partial charge is 0.265 e. The lowest BCUT2D eigenvalue weighted by atomic mass is 9.98. The number of anilines is 1. The van der Waals surface area contributed by atoms with Gasteiger partial charge in [0.2, 0.25) is 0 Å². The number of nitrogens with one attached hydrogen (secondary N) is 1. The average Bonchev–Trinajstić information content (AvgIpc) is 3.04. The van der Waals surface area contributed by atoms with E-state index < -0.39 is 6.10 Å². The molecule has 0 radical (unpaired) electrons. The lowest BCUT2D eigenvalue weighted by Gasteiger charge is -2.14. The number of nitriles is 1. The third-order valence-corrected chi connectivity index (χ3v) is 6.65. The summed E-state index contributed by atoms with van der Waals surface area (Å²) in [6.07, 6.45) is 11.2. The van der Waals surface area contributed by atoms with E-state index in [4.69, 9.17) is 4.74 Å². The van der Waals surface area contributed by atoms with Crippen molar-refractivity contribution in [3.63, 3.8) is 0 Å². The van der Waals surface area contributed by atoms with Crippen LogP contribution in [0.2, 0.25) is 0 Å². The molecule has 1 aromatic carbocycles. The standard InChI is InChI=1S/C24H30N2O2S/c1-18(28-19-13-9-8-10-14-19)23(27)26-24-21(17-25)20-15-11-6-4-2-3-5-7-12-16-22(20)29-24/h8-10,13-14,18H,2-7,11-12,15-16H2,1H3,(H,26,27)/t18-/m0/s1. The number of benzene rings is 1. The fraction of sp³-hybridized carbons (Fsp3) is 0.500. The van der Waals surface area contributed by atoms with Crippen LogP contribution in [0, 0.1) is 11.3 Å². The Bertz CT molecular complexity index is 839. The van der Waals surface area contributed by atoms with Gasteiger partial charge in [0.05, 0.1) is 5.56 Å². The van der Waals surface area contributed by atoms with Crippen molar-refractivity contribution in [1.82, 2.24) is 0 Å². The summed E-state index contributed by atoms with van der Waals surface area (Å²) in [5.41, 5.74) is 1.81. The molecule has 5 heteroatoms. The Morgan fingerprint density at radius 1 is 1.03 bits per heavy atom. The quantitative estimate of drug-likeness (QED) is 0.648. The first-order chi connectivity index (χ1) is 14.2. The van der Waals surface area contributed by atoms with E-state index in [9.17, 15) is 10.1 Å². The number of para-hydroxylation sites is 1. The number of hydrogen-bond donors (Lipinski definition) is 1. The molecule has 0 spiro atoms. The van der Waals surface area contributed by atoms with Crippen molar-refractivity contribution in [2.75, 3.05) is 5.32 Å². The van der Waals surface area contributed by atoms with Crippen LogP contribution in [0.5, 0.6) is 5.75 Å². The van der Waals surface area contributed by atoms with Crippen LogP contribution in [0.3, 0.4) is 0 Å². The van der Waals surface area contributed by atoms with Gasteiger partial charge >= 0.3 is 0 Å². The van der Waals surface area contributed by atoms with Gasteiger partial charge in [0.1, 0.15) is 16.8 Å². The molecule has 0 fully saturated rings. The number of carbonyl (C=O) groups is 1. The Labute approximate surface area is 177 Å². The molecule has 29 heavy (non-hydrogen) atoms. The number of hydrogen-bond acceptors (Lipinski definition) is 4. The molecule has 0 saturated carbocycles. The zero-order valence-electron chi connectivity index (χ0n) is 17.2. The van der Waals surface area contributed by atoms with E-state index >= 15 is 0 Å². The molecule has 1 amide bonds. The lowest BCUT2D eigenvalue weighted by molar-refractivity contribution is -0.122. The van der Waals surface area contributed by atoms with E-state index in [1.165, 1.54) is 43.4 Å². The SMILES string of the molecule is C[C@H](Oc1ccccc1)C(=O)Nc1sc2c(c1C#N)CCCCCCCCCC2. The van der Waals surface area contributed by atoms with Crippen LogP contribution >= 0.6 is 11.3 Å². The number of thiophene rings is 1. The minimum atomic E-state index is -0.632. The maximum Gasteiger partial charge on any atom is 0.265 e. The molecule has 1 aliphatic rings. The van der Waals surface area contributed by atoms with Crippen LogP contribution < -0.4 is 10.1 Å². The van der Waals surface area contributed by atoms with Crippen LogP contribution in [-0.2, 0) is 17.6 Å². The van der Waals surface area contributed by atoms with Crippen LogP contribution in [-0.4, -0.2) is 12.0 Å². The largest absolute Gasteiger partial charge is 0.481 e. The van der Waals surface area contributed by atoms with Crippen molar-refractivity contribution in [1.29, 1.82) is 5.26 Å². The molecule has 0 unspecified atom stereocenters. The molecule has 1 N–H and O–H groups in total. The zero-order valence-corrected chi connectivity index (χ0v) is 18.0. The van der Waals surface area contributed by atoms with E-state index in [0.717, 1.165) is 31.2 Å². The third-order valence-electron chi connectivity index (χ3n) is 5.45. The second kappa shape index (κ2) is 11.0. The van der Waals surface area contributed by atoms with Gasteiger partial charge in [0.25, 0.3) is 5.91 Å². The molecular weight excluding hydrogens is 380 g/mol. The van der Waals surface area contributed by atoms with Crippen molar-refractivity contribution >= 4 is 22.2 Å². The summed E-state index contributed by atoms with van der Waals surface area (Å²) in [5.74, 6) is 0.441. The fourth-order valence-corrected chi connectivity index (χ4v) is 5.05. The molecule has 0 bridgehead atoms. The summed E-state index contributed by atoms with van der Waals surface area (Å²) < 4.78 is 5.73. The van der Waals surface area contributed by atoms with E-state index in [0.29, 0.717) is 16.3 Å².